The van der Waals surface area contributed by atoms with Crippen molar-refractivity contribution < 1.29 is 0 Å². The molecule has 0 saturated heterocycles. The lowest BCUT2D eigenvalue weighted by atomic mass is 9.59. The van der Waals surface area contributed by atoms with Crippen molar-refractivity contribution in [2.45, 2.75) is 72.1 Å². The van der Waals surface area contributed by atoms with Crippen molar-refractivity contribution in [2.24, 2.45) is 29.1 Å². The number of hydrogen-bond acceptors (Lipinski definition) is 1. The maximum atomic E-state index is 4.48. The molecule has 1 heteroatoms. The van der Waals surface area contributed by atoms with E-state index in [1.165, 1.54) is 51.4 Å². The summed E-state index contributed by atoms with van der Waals surface area (Å²) in [7, 11) is 0. The van der Waals surface area contributed by atoms with Gasteiger partial charge in [0.1, 0.15) is 0 Å². The highest BCUT2D eigenvalue weighted by Crippen LogP contribution is 2.49. The molecule has 0 amide bonds. The zero-order valence-electron chi connectivity index (χ0n) is 12.6. The summed E-state index contributed by atoms with van der Waals surface area (Å²) in [4.78, 5) is 0. The number of hydrogen-bond donors (Lipinski definition) is 1. The Morgan fingerprint density at radius 1 is 0.833 bits per heavy atom. The Labute approximate surface area is 120 Å². The topological polar surface area (TPSA) is 0 Å². The van der Waals surface area contributed by atoms with Gasteiger partial charge in [0.25, 0.3) is 0 Å². The molecule has 2 aliphatic rings. The van der Waals surface area contributed by atoms with Crippen LogP contribution in [0.4, 0.5) is 0 Å². The van der Waals surface area contributed by atoms with Crippen LogP contribution in [-0.4, -0.2) is 5.75 Å². The fraction of sp³-hybridized carbons (Fsp3) is 1.00. The van der Waals surface area contributed by atoms with E-state index >= 15 is 0 Å². The van der Waals surface area contributed by atoms with Crippen LogP contribution in [0.2, 0.25) is 0 Å². The summed E-state index contributed by atoms with van der Waals surface area (Å²) in [5.74, 6) is 4.97. The molecule has 2 aliphatic carbocycles. The first-order chi connectivity index (χ1) is 8.54. The summed E-state index contributed by atoms with van der Waals surface area (Å²) in [5, 5.41) is 0. The molecule has 18 heavy (non-hydrogen) atoms. The van der Waals surface area contributed by atoms with E-state index in [-0.39, 0.29) is 0 Å². The van der Waals surface area contributed by atoms with Gasteiger partial charge < -0.3 is 0 Å². The smallest absolute Gasteiger partial charge is 0.00695 e. The van der Waals surface area contributed by atoms with E-state index < -0.39 is 0 Å². The molecule has 106 valence electrons. The lowest BCUT2D eigenvalue weighted by Gasteiger charge is -2.46. The van der Waals surface area contributed by atoms with Gasteiger partial charge in [0.2, 0.25) is 0 Å². The number of rotatable bonds is 3. The van der Waals surface area contributed by atoms with Crippen LogP contribution in [-0.2, 0) is 0 Å². The van der Waals surface area contributed by atoms with Crippen LogP contribution < -0.4 is 0 Å². The predicted octanol–water partition coefficient (Wildman–Crippen LogP) is 5.58. The van der Waals surface area contributed by atoms with Crippen LogP contribution in [0.5, 0.6) is 0 Å². The molecule has 0 heterocycles. The van der Waals surface area contributed by atoms with Crippen molar-refractivity contribution in [2.75, 3.05) is 5.75 Å². The van der Waals surface area contributed by atoms with Crippen molar-refractivity contribution in [3.05, 3.63) is 0 Å². The van der Waals surface area contributed by atoms with Crippen molar-refractivity contribution in [3.63, 3.8) is 0 Å². The van der Waals surface area contributed by atoms with E-state index in [9.17, 15) is 0 Å². The lowest BCUT2D eigenvalue weighted by Crippen LogP contribution is -2.37. The van der Waals surface area contributed by atoms with E-state index in [2.05, 4.69) is 33.4 Å². The van der Waals surface area contributed by atoms with Crippen LogP contribution in [0, 0.1) is 29.1 Å². The van der Waals surface area contributed by atoms with Gasteiger partial charge in [-0.1, -0.05) is 33.6 Å². The van der Waals surface area contributed by atoms with E-state index in [0.29, 0.717) is 5.41 Å². The minimum absolute atomic E-state index is 0.585. The van der Waals surface area contributed by atoms with Crippen molar-refractivity contribution in [3.8, 4) is 0 Å². The van der Waals surface area contributed by atoms with Crippen LogP contribution in [0.3, 0.4) is 0 Å². The van der Waals surface area contributed by atoms with Crippen molar-refractivity contribution in [1.82, 2.24) is 0 Å². The second kappa shape index (κ2) is 6.20. The third kappa shape index (κ3) is 3.26. The Morgan fingerprint density at radius 2 is 1.28 bits per heavy atom. The van der Waals surface area contributed by atoms with Crippen LogP contribution in [0.15, 0.2) is 0 Å². The average molecular weight is 269 g/mol. The van der Waals surface area contributed by atoms with Crippen molar-refractivity contribution >= 4 is 12.6 Å². The largest absolute Gasteiger partial charge is 0.179 e. The van der Waals surface area contributed by atoms with E-state index in [1.54, 1.807) is 0 Å². The molecule has 0 nitrogen and oxygen atoms in total. The Morgan fingerprint density at radius 3 is 1.72 bits per heavy atom. The van der Waals surface area contributed by atoms with Crippen LogP contribution >= 0.6 is 12.6 Å². The van der Waals surface area contributed by atoms with Gasteiger partial charge in [-0.3, -0.25) is 0 Å². The standard InChI is InChI=1S/C17H32S/c1-13-4-8-15(9-5-13)17(2,3)16-10-6-14(12-18)7-11-16/h13-16,18H,4-12H2,1-3H3. The van der Waals surface area contributed by atoms with Crippen LogP contribution in [0.1, 0.15) is 72.1 Å². The molecular weight excluding hydrogens is 236 g/mol. The Bertz CT molecular complexity index is 242. The van der Waals surface area contributed by atoms with Gasteiger partial charge in [-0.2, -0.15) is 12.6 Å². The fourth-order valence-electron chi connectivity index (χ4n) is 4.43. The third-order valence-electron chi connectivity index (χ3n) is 6.23. The SMILES string of the molecule is CC1CCC(C(C)(C)C2CCC(CS)CC2)CC1. The van der Waals surface area contributed by atoms with Gasteiger partial charge in [0.05, 0.1) is 0 Å². The monoisotopic (exact) mass is 268 g/mol. The average Bonchev–Trinajstić information content (AvgIpc) is 2.39. The van der Waals surface area contributed by atoms with Gasteiger partial charge in [-0.15, -0.1) is 0 Å². The first kappa shape index (κ1) is 14.8. The molecule has 2 fully saturated rings. The van der Waals surface area contributed by atoms with Gasteiger partial charge in [0, 0.05) is 0 Å². The zero-order chi connectivity index (χ0) is 13.2. The predicted molar refractivity (Wildman–Crippen MR) is 84.2 cm³/mol. The normalized spacial score (nSPS) is 38.7. The summed E-state index contributed by atoms with van der Waals surface area (Å²) >= 11 is 4.48. The molecule has 2 rings (SSSR count). The molecule has 0 atom stereocenters. The minimum atomic E-state index is 0.585. The first-order valence-electron chi connectivity index (χ1n) is 8.15. The van der Waals surface area contributed by atoms with Gasteiger partial charge >= 0.3 is 0 Å². The van der Waals surface area contributed by atoms with Gasteiger partial charge in [-0.25, -0.2) is 0 Å². The van der Waals surface area contributed by atoms with Crippen LogP contribution in [0.25, 0.3) is 0 Å². The molecule has 0 aromatic rings. The maximum Gasteiger partial charge on any atom is -0.00695 e. The first-order valence-corrected chi connectivity index (χ1v) is 8.78. The second-order valence-corrected chi connectivity index (χ2v) is 8.04. The van der Waals surface area contributed by atoms with Gasteiger partial charge in [0.15, 0.2) is 0 Å². The highest BCUT2D eigenvalue weighted by molar-refractivity contribution is 7.80. The molecule has 0 radical (unpaired) electrons. The molecule has 0 aliphatic heterocycles. The molecule has 0 aromatic heterocycles. The van der Waals surface area contributed by atoms with Gasteiger partial charge in [-0.05, 0) is 73.4 Å². The fourth-order valence-corrected chi connectivity index (χ4v) is 4.79. The second-order valence-electron chi connectivity index (χ2n) is 7.68. The lowest BCUT2D eigenvalue weighted by molar-refractivity contribution is 0.0426. The minimum Gasteiger partial charge on any atom is -0.179 e. The van der Waals surface area contributed by atoms with E-state index in [0.717, 1.165) is 29.4 Å². The molecule has 0 N–H and O–H groups in total. The zero-order valence-corrected chi connectivity index (χ0v) is 13.5. The molecule has 0 aromatic carbocycles. The maximum absolute atomic E-state index is 4.48. The Balaban J connectivity index is 1.90. The molecule has 0 bridgehead atoms. The van der Waals surface area contributed by atoms with Crippen molar-refractivity contribution in [1.29, 1.82) is 0 Å². The highest BCUT2D eigenvalue weighted by Gasteiger charge is 2.39. The summed E-state index contributed by atoms with van der Waals surface area (Å²) < 4.78 is 0. The molecule has 0 spiro atoms. The summed E-state index contributed by atoms with van der Waals surface area (Å²) in [6.45, 7) is 7.57. The highest BCUT2D eigenvalue weighted by atomic mass is 32.1. The molecule has 2 saturated carbocycles. The van der Waals surface area contributed by atoms with E-state index in [1.807, 2.05) is 0 Å². The van der Waals surface area contributed by atoms with E-state index in [4.69, 9.17) is 0 Å². The quantitative estimate of drug-likeness (QED) is 0.635. The molecular formula is C17H32S. The third-order valence-corrected chi connectivity index (χ3v) is 6.74. The summed E-state index contributed by atoms with van der Waals surface area (Å²) in [6, 6.07) is 0. The number of thiol groups is 1. The Kier molecular flexibility index (Phi) is 5.08. The molecule has 0 unspecified atom stereocenters. The summed E-state index contributed by atoms with van der Waals surface area (Å²) in [6.07, 6.45) is 11.7. The summed E-state index contributed by atoms with van der Waals surface area (Å²) in [5.41, 5.74) is 0.585. The Hall–Kier alpha value is 0.350.